The Hall–Kier alpha value is -3.10. The van der Waals surface area contributed by atoms with Gasteiger partial charge in [0.25, 0.3) is 7.82 Å². The van der Waals surface area contributed by atoms with Crippen molar-refractivity contribution in [1.29, 1.82) is 0 Å². The zero-order valence-corrected chi connectivity index (χ0v) is 53.4. The highest BCUT2D eigenvalue weighted by molar-refractivity contribution is 7.45. The average Bonchev–Trinajstić information content (AvgIpc) is 3.42. The molecule has 8 nitrogen and oxygen atoms in total. The van der Waals surface area contributed by atoms with Crippen molar-refractivity contribution in [2.24, 2.45) is 0 Å². The molecule has 2 N–H and O–H groups in total. The SMILES string of the molecule is CC/C=C\C/C=C\C/C=C\C/C=C\C/C=C\C/C=C\C/C=C\C/C=C\C/C=C\CCCCCCCCCCCC(=O)NC(COP(=O)([O-])OCC[N+](C)(C)C)C(O)/C=C/CCCCCCCCCCCCCCCCCCCCC. The third-order valence-corrected chi connectivity index (χ3v) is 15.1. The lowest BCUT2D eigenvalue weighted by molar-refractivity contribution is -0.870. The molecule has 0 aromatic heterocycles. The van der Waals surface area contributed by atoms with E-state index in [1.165, 1.54) is 141 Å². The van der Waals surface area contributed by atoms with Crippen molar-refractivity contribution >= 4 is 13.7 Å². The molecule has 80 heavy (non-hydrogen) atoms. The second-order valence-corrected chi connectivity index (χ2v) is 24.5. The van der Waals surface area contributed by atoms with Crippen LogP contribution in [0.15, 0.2) is 122 Å². The van der Waals surface area contributed by atoms with Gasteiger partial charge in [-0.3, -0.25) is 9.36 Å². The molecule has 0 saturated carbocycles. The first-order chi connectivity index (χ1) is 39.0. The van der Waals surface area contributed by atoms with Gasteiger partial charge in [0.2, 0.25) is 5.91 Å². The second kappa shape index (κ2) is 60.5. The second-order valence-electron chi connectivity index (χ2n) is 23.1. The molecule has 9 heteroatoms. The fourth-order valence-electron chi connectivity index (χ4n) is 9.09. The number of phosphoric ester groups is 1. The molecular weight excluding hydrogens is 1010 g/mol. The number of nitrogens with zero attached hydrogens (tertiary/aromatic N) is 1. The first kappa shape index (κ1) is 76.9. The van der Waals surface area contributed by atoms with Crippen molar-refractivity contribution in [3.63, 3.8) is 0 Å². The quantitative estimate of drug-likeness (QED) is 0.0272. The van der Waals surface area contributed by atoms with Gasteiger partial charge in [-0.2, -0.15) is 0 Å². The van der Waals surface area contributed by atoms with Crippen LogP contribution in [0.4, 0.5) is 0 Å². The van der Waals surface area contributed by atoms with Gasteiger partial charge >= 0.3 is 0 Å². The monoisotopic (exact) mass is 1130 g/mol. The van der Waals surface area contributed by atoms with Crippen molar-refractivity contribution in [3.05, 3.63) is 122 Å². The van der Waals surface area contributed by atoms with Crippen LogP contribution in [0.2, 0.25) is 0 Å². The van der Waals surface area contributed by atoms with Gasteiger partial charge in [0.05, 0.1) is 39.9 Å². The fraction of sp³-hybridized carbons (Fsp3) is 0.704. The maximum atomic E-state index is 13.0. The maximum Gasteiger partial charge on any atom is 0.268 e. The Balaban J connectivity index is 4.16. The van der Waals surface area contributed by atoms with E-state index < -0.39 is 20.0 Å². The molecule has 3 atom stereocenters. The minimum Gasteiger partial charge on any atom is -0.756 e. The predicted octanol–water partition coefficient (Wildman–Crippen LogP) is 20.2. The smallest absolute Gasteiger partial charge is 0.268 e. The van der Waals surface area contributed by atoms with Crippen molar-refractivity contribution < 1.29 is 32.9 Å². The summed E-state index contributed by atoms with van der Waals surface area (Å²) in [7, 11) is 1.25. The number of hydrogen-bond donors (Lipinski definition) is 2. The molecular formula is C71H125N2O6P. The van der Waals surface area contributed by atoms with Crippen LogP contribution in [0.1, 0.15) is 271 Å². The van der Waals surface area contributed by atoms with E-state index in [4.69, 9.17) is 9.05 Å². The Bertz CT molecular complexity index is 1720. The highest BCUT2D eigenvalue weighted by Gasteiger charge is 2.23. The molecule has 0 aliphatic rings. The largest absolute Gasteiger partial charge is 0.756 e. The number of phosphoric acid groups is 1. The predicted molar refractivity (Wildman–Crippen MR) is 348 cm³/mol. The van der Waals surface area contributed by atoms with Gasteiger partial charge < -0.3 is 28.8 Å². The summed E-state index contributed by atoms with van der Waals surface area (Å²) < 4.78 is 23.4. The Morgan fingerprint density at radius 2 is 0.762 bits per heavy atom. The Kier molecular flexibility index (Phi) is 58.1. The number of nitrogens with one attached hydrogen (secondary N) is 1. The fourth-order valence-corrected chi connectivity index (χ4v) is 9.81. The van der Waals surface area contributed by atoms with Crippen LogP contribution >= 0.6 is 7.82 Å². The molecule has 0 saturated heterocycles. The van der Waals surface area contributed by atoms with Gasteiger partial charge in [-0.25, -0.2) is 0 Å². The molecule has 0 rings (SSSR count). The maximum absolute atomic E-state index is 13.0. The van der Waals surface area contributed by atoms with Gasteiger partial charge in [0.15, 0.2) is 0 Å². The van der Waals surface area contributed by atoms with E-state index in [0.717, 1.165) is 109 Å². The molecule has 0 bridgehead atoms. The number of carbonyl (C=O) groups excluding carboxylic acids is 1. The van der Waals surface area contributed by atoms with Crippen LogP contribution < -0.4 is 10.2 Å². The van der Waals surface area contributed by atoms with Gasteiger partial charge in [0.1, 0.15) is 13.2 Å². The van der Waals surface area contributed by atoms with Gasteiger partial charge in [-0.15, -0.1) is 0 Å². The van der Waals surface area contributed by atoms with Crippen LogP contribution in [0, 0.1) is 0 Å². The Morgan fingerprint density at radius 1 is 0.450 bits per heavy atom. The minimum absolute atomic E-state index is 0.00733. The number of aliphatic hydroxyl groups is 1. The summed E-state index contributed by atoms with van der Waals surface area (Å²) in [5.41, 5.74) is 0. The number of rotatable bonds is 59. The first-order valence-electron chi connectivity index (χ1n) is 32.9. The summed E-state index contributed by atoms with van der Waals surface area (Å²) >= 11 is 0. The summed E-state index contributed by atoms with van der Waals surface area (Å²) in [6.07, 6.45) is 90.0. The van der Waals surface area contributed by atoms with Crippen molar-refractivity contribution in [1.82, 2.24) is 5.32 Å². The lowest BCUT2D eigenvalue weighted by Gasteiger charge is -2.29. The lowest BCUT2D eigenvalue weighted by Crippen LogP contribution is -2.45. The first-order valence-corrected chi connectivity index (χ1v) is 34.4. The van der Waals surface area contributed by atoms with Crippen molar-refractivity contribution in [2.45, 2.75) is 283 Å². The number of carbonyl (C=O) groups is 1. The number of quaternary nitrogens is 1. The molecule has 0 aliphatic heterocycles. The molecule has 0 aromatic rings. The van der Waals surface area contributed by atoms with Crippen LogP contribution in [0.25, 0.3) is 0 Å². The Morgan fingerprint density at radius 3 is 1.11 bits per heavy atom. The van der Waals surface area contributed by atoms with Gasteiger partial charge in [0, 0.05) is 6.42 Å². The number of aliphatic hydroxyl groups excluding tert-OH is 1. The third kappa shape index (κ3) is 62.5. The normalized spacial score (nSPS) is 14.5. The number of hydrogen-bond acceptors (Lipinski definition) is 6. The molecule has 0 spiro atoms. The number of amides is 1. The number of allylic oxidation sites excluding steroid dienone is 19. The lowest BCUT2D eigenvalue weighted by atomic mass is 10.0. The molecule has 0 aromatic carbocycles. The highest BCUT2D eigenvalue weighted by atomic mass is 31.2. The molecule has 1 amide bonds. The molecule has 0 radical (unpaired) electrons. The Labute approximate surface area is 494 Å². The van der Waals surface area contributed by atoms with E-state index in [2.05, 4.69) is 129 Å². The van der Waals surface area contributed by atoms with Crippen LogP contribution in [0.5, 0.6) is 0 Å². The van der Waals surface area contributed by atoms with E-state index in [9.17, 15) is 19.4 Å². The topological polar surface area (TPSA) is 108 Å². The average molecular weight is 1130 g/mol. The summed E-state index contributed by atoms with van der Waals surface area (Å²) in [6, 6.07) is -0.899. The van der Waals surface area contributed by atoms with Crippen LogP contribution in [-0.4, -0.2) is 68.5 Å². The zero-order valence-electron chi connectivity index (χ0n) is 52.5. The number of unbranched alkanes of at least 4 members (excludes halogenated alkanes) is 28. The van der Waals surface area contributed by atoms with E-state index >= 15 is 0 Å². The van der Waals surface area contributed by atoms with Crippen molar-refractivity contribution in [2.75, 3.05) is 40.9 Å². The molecule has 3 unspecified atom stereocenters. The van der Waals surface area contributed by atoms with E-state index in [1.807, 2.05) is 27.2 Å². The van der Waals surface area contributed by atoms with E-state index in [1.54, 1.807) is 6.08 Å². The van der Waals surface area contributed by atoms with Crippen LogP contribution in [0.3, 0.4) is 0 Å². The standard InChI is InChI=1S/C71H125N2O6P/c1-6-8-10-12-14-16-18-20-22-24-26-28-29-30-31-32-33-34-35-36-37-38-39-40-41-42-43-45-47-49-51-53-55-57-59-61-63-65-71(75)72-69(68-79-80(76,77)78-67-66-73(3,4)5)70(74)64-62-60-58-56-54-52-50-48-46-44-27-25-23-21-19-17-15-13-11-9-7-2/h8,10,14,16,20,22,26,28,30-31,33-34,36-37,39-40,42-43,62,64,69-70,74H,6-7,9,11-13,15,17-19,21,23-25,27,29,32,35,38,41,44-61,63,65-68H2,1-5H3,(H-,72,75,76,77)/b10-8-,16-14-,22-20-,28-26-,31-30-,34-33-,37-36-,40-39-,43-42-,64-62+. The zero-order chi connectivity index (χ0) is 58.4. The summed E-state index contributed by atoms with van der Waals surface area (Å²) in [5, 5.41) is 13.9. The summed E-state index contributed by atoms with van der Waals surface area (Å²) in [5.74, 6) is -0.206. The molecule has 0 aliphatic carbocycles. The minimum atomic E-state index is -4.61. The molecule has 0 heterocycles. The van der Waals surface area contributed by atoms with E-state index in [-0.39, 0.29) is 19.1 Å². The van der Waals surface area contributed by atoms with Gasteiger partial charge in [-0.05, 0) is 89.9 Å². The number of likely N-dealkylation sites (N-methyl/N-ethyl adjacent to an activating group) is 1. The third-order valence-electron chi connectivity index (χ3n) is 14.2. The van der Waals surface area contributed by atoms with E-state index in [0.29, 0.717) is 17.4 Å². The van der Waals surface area contributed by atoms with Crippen LogP contribution in [-0.2, 0) is 18.4 Å². The highest BCUT2D eigenvalue weighted by Crippen LogP contribution is 2.38. The molecule has 460 valence electrons. The van der Waals surface area contributed by atoms with Gasteiger partial charge in [-0.1, -0.05) is 296 Å². The summed E-state index contributed by atoms with van der Waals surface area (Å²) in [6.45, 7) is 4.54. The van der Waals surface area contributed by atoms with Crippen molar-refractivity contribution in [3.8, 4) is 0 Å². The molecule has 0 fully saturated rings. The summed E-state index contributed by atoms with van der Waals surface area (Å²) in [4.78, 5) is 25.6.